The van der Waals surface area contributed by atoms with Crippen LogP contribution in [0.3, 0.4) is 0 Å². The first-order valence-corrected chi connectivity index (χ1v) is 9.82. The lowest BCUT2D eigenvalue weighted by atomic mass is 9.49. The second-order valence-corrected chi connectivity index (χ2v) is 8.68. The normalized spacial score (nSPS) is 31.7. The first-order chi connectivity index (χ1) is 12.5. The van der Waals surface area contributed by atoms with E-state index in [1.165, 1.54) is 50.7 Å². The molecule has 0 unspecified atom stereocenters. The van der Waals surface area contributed by atoms with Gasteiger partial charge in [0.15, 0.2) is 0 Å². The Kier molecular flexibility index (Phi) is 4.72. The molecule has 0 saturated heterocycles. The predicted octanol–water partition coefficient (Wildman–Crippen LogP) is 3.28. The zero-order chi connectivity index (χ0) is 18.1. The molecule has 4 aliphatic carbocycles. The minimum absolute atomic E-state index is 0.0346. The van der Waals surface area contributed by atoms with Crippen molar-refractivity contribution >= 4 is 11.8 Å². The maximum Gasteiger partial charge on any atom is 0.254 e. The minimum Gasteiger partial charge on any atom is -0.354 e. The Bertz CT molecular complexity index is 668. The fourth-order valence-corrected chi connectivity index (χ4v) is 6.03. The molecule has 4 bridgehead atoms. The molecule has 2 N–H and O–H groups in total. The van der Waals surface area contributed by atoms with E-state index < -0.39 is 11.7 Å². The van der Waals surface area contributed by atoms with Gasteiger partial charge in [-0.05, 0) is 73.8 Å². The molecule has 4 nitrogen and oxygen atoms in total. The third kappa shape index (κ3) is 3.62. The van der Waals surface area contributed by atoms with Crippen LogP contribution < -0.4 is 10.6 Å². The second-order valence-electron chi connectivity index (χ2n) is 8.68. The van der Waals surface area contributed by atoms with Crippen molar-refractivity contribution in [2.75, 3.05) is 13.1 Å². The van der Waals surface area contributed by atoms with Crippen molar-refractivity contribution in [1.82, 2.24) is 10.6 Å². The summed E-state index contributed by atoms with van der Waals surface area (Å²) in [7, 11) is 0. The average Bonchev–Trinajstić information content (AvgIpc) is 2.57. The van der Waals surface area contributed by atoms with Gasteiger partial charge in [0.1, 0.15) is 5.82 Å². The van der Waals surface area contributed by atoms with Gasteiger partial charge in [0.05, 0.1) is 5.56 Å². The van der Waals surface area contributed by atoms with E-state index in [1.54, 1.807) is 12.1 Å². The van der Waals surface area contributed by atoms with E-state index in [1.807, 2.05) is 0 Å². The van der Waals surface area contributed by atoms with Crippen molar-refractivity contribution in [3.8, 4) is 0 Å². The average molecular weight is 358 g/mol. The highest BCUT2D eigenvalue weighted by molar-refractivity contribution is 5.94. The Morgan fingerprint density at radius 2 is 1.54 bits per heavy atom. The van der Waals surface area contributed by atoms with Crippen LogP contribution >= 0.6 is 0 Å². The maximum absolute atomic E-state index is 13.6. The number of hydrogen-bond acceptors (Lipinski definition) is 2. The molecule has 2 amide bonds. The molecular weight excluding hydrogens is 331 g/mol. The lowest BCUT2D eigenvalue weighted by Gasteiger charge is -2.56. The Balaban J connectivity index is 1.21. The number of carbonyl (C=O) groups is 2. The van der Waals surface area contributed by atoms with E-state index in [0.717, 1.165) is 17.8 Å². The predicted molar refractivity (Wildman–Crippen MR) is 97.0 cm³/mol. The largest absolute Gasteiger partial charge is 0.354 e. The van der Waals surface area contributed by atoms with Gasteiger partial charge in [-0.15, -0.1) is 0 Å². The second kappa shape index (κ2) is 7.01. The van der Waals surface area contributed by atoms with Crippen molar-refractivity contribution in [2.24, 2.45) is 23.2 Å². The Hall–Kier alpha value is -1.91. The Morgan fingerprint density at radius 1 is 0.962 bits per heavy atom. The molecule has 26 heavy (non-hydrogen) atoms. The molecule has 0 radical (unpaired) electrons. The molecule has 0 spiro atoms. The number of carbonyl (C=O) groups excluding carboxylic acids is 2. The monoisotopic (exact) mass is 358 g/mol. The van der Waals surface area contributed by atoms with Gasteiger partial charge in [0.2, 0.25) is 5.91 Å². The third-order valence-corrected chi connectivity index (χ3v) is 6.55. The van der Waals surface area contributed by atoms with Crippen molar-refractivity contribution in [3.63, 3.8) is 0 Å². The van der Waals surface area contributed by atoms with Crippen LogP contribution in [0.2, 0.25) is 0 Å². The molecule has 140 valence electrons. The van der Waals surface area contributed by atoms with E-state index in [-0.39, 0.29) is 16.9 Å². The quantitative estimate of drug-likeness (QED) is 0.767. The van der Waals surface area contributed by atoms with E-state index in [9.17, 15) is 14.0 Å². The van der Waals surface area contributed by atoms with E-state index in [0.29, 0.717) is 19.5 Å². The van der Waals surface area contributed by atoms with Crippen LogP contribution in [-0.2, 0) is 4.79 Å². The highest BCUT2D eigenvalue weighted by Crippen LogP contribution is 2.61. The van der Waals surface area contributed by atoms with Crippen LogP contribution in [0, 0.1) is 29.0 Å². The molecule has 0 aromatic heterocycles. The molecule has 1 aromatic carbocycles. The summed E-state index contributed by atoms with van der Waals surface area (Å²) in [6, 6.07) is 5.90. The van der Waals surface area contributed by atoms with Gasteiger partial charge in [-0.3, -0.25) is 9.59 Å². The summed E-state index contributed by atoms with van der Waals surface area (Å²) in [6.45, 7) is 0.686. The van der Waals surface area contributed by atoms with Crippen LogP contribution in [-0.4, -0.2) is 24.9 Å². The van der Waals surface area contributed by atoms with Crippen LogP contribution in [0.4, 0.5) is 4.39 Å². The molecule has 5 heteroatoms. The van der Waals surface area contributed by atoms with Gasteiger partial charge < -0.3 is 10.6 Å². The molecule has 4 saturated carbocycles. The van der Waals surface area contributed by atoms with E-state index in [4.69, 9.17) is 0 Å². The van der Waals surface area contributed by atoms with Gasteiger partial charge in [0.25, 0.3) is 5.91 Å². The molecule has 0 heterocycles. The number of rotatable bonds is 6. The molecule has 5 rings (SSSR count). The number of nitrogens with one attached hydrogen (secondary N) is 2. The fraction of sp³-hybridized carbons (Fsp3) is 0.619. The lowest BCUT2D eigenvalue weighted by molar-refractivity contribution is -0.129. The summed E-state index contributed by atoms with van der Waals surface area (Å²) in [4.78, 5) is 24.4. The molecule has 1 aromatic rings. The third-order valence-electron chi connectivity index (χ3n) is 6.55. The summed E-state index contributed by atoms with van der Waals surface area (Å²) in [5, 5.41) is 5.59. The van der Waals surface area contributed by atoms with Gasteiger partial charge in [0, 0.05) is 19.5 Å². The van der Waals surface area contributed by atoms with Gasteiger partial charge in [-0.25, -0.2) is 4.39 Å². The van der Waals surface area contributed by atoms with Crippen molar-refractivity contribution in [1.29, 1.82) is 0 Å². The first kappa shape index (κ1) is 17.5. The van der Waals surface area contributed by atoms with Gasteiger partial charge >= 0.3 is 0 Å². The van der Waals surface area contributed by atoms with Crippen LogP contribution in [0.5, 0.6) is 0 Å². The summed E-state index contributed by atoms with van der Waals surface area (Å²) in [5.74, 6) is 1.64. The topological polar surface area (TPSA) is 58.2 Å². The maximum atomic E-state index is 13.6. The SMILES string of the molecule is O=C(CC12CC3CC(CC(C3)C1)C2)NCCNC(=O)c1ccccc1F. The summed E-state index contributed by atoms with van der Waals surface area (Å²) in [5.41, 5.74) is 0.266. The zero-order valence-electron chi connectivity index (χ0n) is 15.1. The summed E-state index contributed by atoms with van der Waals surface area (Å²) < 4.78 is 13.6. The standard InChI is InChI=1S/C21H27FN2O2/c22-18-4-2-1-3-17(18)20(26)24-6-5-23-19(25)13-21-10-14-7-15(11-21)9-16(8-14)12-21/h1-4,14-16H,5-13H2,(H,23,25)(H,24,26). The molecule has 4 aliphatic rings. The van der Waals surface area contributed by atoms with E-state index >= 15 is 0 Å². The highest BCUT2D eigenvalue weighted by atomic mass is 19.1. The number of halogens is 1. The number of amides is 2. The molecule has 4 fully saturated rings. The highest BCUT2D eigenvalue weighted by Gasteiger charge is 2.51. The van der Waals surface area contributed by atoms with Crippen LogP contribution in [0.1, 0.15) is 55.3 Å². The van der Waals surface area contributed by atoms with Crippen molar-refractivity contribution in [3.05, 3.63) is 35.6 Å². The minimum atomic E-state index is -0.532. The Labute approximate surface area is 153 Å². The van der Waals surface area contributed by atoms with E-state index in [2.05, 4.69) is 10.6 Å². The number of hydrogen-bond donors (Lipinski definition) is 2. The first-order valence-electron chi connectivity index (χ1n) is 9.82. The molecular formula is C21H27FN2O2. The van der Waals surface area contributed by atoms with Crippen LogP contribution in [0.15, 0.2) is 24.3 Å². The van der Waals surface area contributed by atoms with Crippen molar-refractivity contribution in [2.45, 2.75) is 44.9 Å². The van der Waals surface area contributed by atoms with Crippen molar-refractivity contribution < 1.29 is 14.0 Å². The van der Waals surface area contributed by atoms with Gasteiger partial charge in [-0.1, -0.05) is 12.1 Å². The fourth-order valence-electron chi connectivity index (χ4n) is 6.03. The molecule has 0 aliphatic heterocycles. The van der Waals surface area contributed by atoms with Gasteiger partial charge in [-0.2, -0.15) is 0 Å². The summed E-state index contributed by atoms with van der Waals surface area (Å²) >= 11 is 0. The smallest absolute Gasteiger partial charge is 0.254 e. The zero-order valence-corrected chi connectivity index (χ0v) is 15.1. The Morgan fingerprint density at radius 3 is 2.15 bits per heavy atom. The summed E-state index contributed by atoms with van der Waals surface area (Å²) in [6.07, 6.45) is 8.41. The number of benzene rings is 1. The van der Waals surface area contributed by atoms with Crippen LogP contribution in [0.25, 0.3) is 0 Å². The molecule has 0 atom stereocenters. The lowest BCUT2D eigenvalue weighted by Crippen LogP contribution is -2.48.